The summed E-state index contributed by atoms with van der Waals surface area (Å²) in [5.74, 6) is -7.37. The highest BCUT2D eigenvalue weighted by molar-refractivity contribution is 6.07. The molecule has 0 saturated carbocycles. The van der Waals surface area contributed by atoms with Crippen molar-refractivity contribution in [1.29, 1.82) is 5.26 Å². The van der Waals surface area contributed by atoms with Crippen LogP contribution in [0.5, 0.6) is 5.75 Å². The van der Waals surface area contributed by atoms with Gasteiger partial charge in [-0.1, -0.05) is 36.2 Å². The Labute approximate surface area is 536 Å². The molecular formula is C64H92F2N14O12. The molecule has 2 aromatic carbocycles. The molecule has 4 heterocycles. The number of likely N-dealkylation sites (tertiary alicyclic amines) is 1. The first-order chi connectivity index (χ1) is 44.2. The fourth-order valence-corrected chi connectivity index (χ4v) is 11.3. The summed E-state index contributed by atoms with van der Waals surface area (Å²) < 4.78 is 33.8. The van der Waals surface area contributed by atoms with Gasteiger partial charge in [0.25, 0.3) is 11.8 Å². The molecule has 7 N–H and O–H groups in total. The minimum Gasteiger partial charge on any atom is -0.494 e. The zero-order valence-electron chi connectivity index (χ0n) is 52.9. The second-order valence-corrected chi connectivity index (χ2v) is 23.9. The first-order valence-electron chi connectivity index (χ1n) is 32.0. The van der Waals surface area contributed by atoms with E-state index in [1.807, 2.05) is 16.7 Å². The number of carbonyl (C=O) groups is 8. The molecule has 0 spiro atoms. The van der Waals surface area contributed by atoms with Crippen LogP contribution in [0.15, 0.2) is 59.8 Å². The molecule has 2 atom stereocenters. The Morgan fingerprint density at radius 3 is 1.97 bits per heavy atom. The van der Waals surface area contributed by atoms with Crippen LogP contribution in [0.3, 0.4) is 0 Å². The molecule has 3 aliphatic heterocycles. The Hall–Kier alpha value is -7.97. The van der Waals surface area contributed by atoms with E-state index in [9.17, 15) is 67.7 Å². The summed E-state index contributed by atoms with van der Waals surface area (Å²) in [7, 11) is 0. The largest absolute Gasteiger partial charge is 0.494 e. The molecule has 5 amide bonds. The number of halogens is 2. The molecule has 1 aromatic heterocycles. The van der Waals surface area contributed by atoms with Crippen LogP contribution in [-0.4, -0.2) is 264 Å². The van der Waals surface area contributed by atoms with Crippen molar-refractivity contribution >= 4 is 64.6 Å². The van der Waals surface area contributed by atoms with Crippen LogP contribution in [-0.2, 0) is 40.0 Å². The number of carboxylic acid groups (broad SMARTS) is 3. The van der Waals surface area contributed by atoms with Gasteiger partial charge in [0.05, 0.1) is 63.0 Å². The summed E-state index contributed by atoms with van der Waals surface area (Å²) >= 11 is 0. The number of hydrogen-bond acceptors (Lipinski definition) is 18. The van der Waals surface area contributed by atoms with Crippen LogP contribution in [0.2, 0.25) is 0 Å². The second-order valence-electron chi connectivity index (χ2n) is 23.9. The second kappa shape index (κ2) is 38.8. The number of nitrogens with zero attached hydrogens (tertiary/aromatic N) is 10. The van der Waals surface area contributed by atoms with Gasteiger partial charge in [-0.3, -0.25) is 73.3 Å². The number of nitriles is 1. The number of hydrogen-bond donors (Lipinski definition) is 7. The van der Waals surface area contributed by atoms with Gasteiger partial charge in [-0.2, -0.15) is 10.4 Å². The van der Waals surface area contributed by atoms with Gasteiger partial charge < -0.3 is 45.8 Å². The van der Waals surface area contributed by atoms with E-state index >= 15 is 0 Å². The molecule has 28 heteroatoms. The van der Waals surface area contributed by atoms with Crippen molar-refractivity contribution < 1.29 is 67.2 Å². The zero-order valence-corrected chi connectivity index (χ0v) is 52.9. The Kier molecular flexibility index (Phi) is 30.8. The van der Waals surface area contributed by atoms with Gasteiger partial charge in [-0.05, 0) is 108 Å². The number of amides is 5. The molecule has 26 nitrogen and oxygen atoms in total. The van der Waals surface area contributed by atoms with Gasteiger partial charge >= 0.3 is 17.9 Å². The quantitative estimate of drug-likeness (QED) is 0.0193. The summed E-state index contributed by atoms with van der Waals surface area (Å²) in [5.41, 5.74) is 6.22. The smallest absolute Gasteiger partial charge is 0.317 e. The van der Waals surface area contributed by atoms with E-state index in [0.717, 1.165) is 69.5 Å². The predicted molar refractivity (Wildman–Crippen MR) is 339 cm³/mol. The van der Waals surface area contributed by atoms with Crippen molar-refractivity contribution in [3.05, 3.63) is 71.4 Å². The fourth-order valence-electron chi connectivity index (χ4n) is 11.3. The number of aromatic nitrogens is 1. The lowest BCUT2D eigenvalue weighted by Gasteiger charge is -2.34. The van der Waals surface area contributed by atoms with Crippen molar-refractivity contribution in [1.82, 2.24) is 60.7 Å². The standard InChI is InChI=1S/C64H92F2N14O12/c1-48-15-17-49(18-16-48)11-10-13-56(81)69-22-7-5-12-55(72-57(82)43-75-26-28-76(44-60(85)86)30-32-78(46-62(89)90)33-31-77(29-27-75)45-61(87)88)73-71-23-6-3-2-4-14-58(83)79-36-34-74(35-37-79)25-8-9-38-92-51-19-20-54-53(39-51)52(21-24-68-54)63(91)70-42-59(84)80-47-64(65,66)40-50(80)41-67/h15-21,23-24,39,50,55,73H,2-14,22,25-38,40,42-47H2,1H3,(H,69,81)(H,70,91)(H,72,82)(H,85,86)(H,87,88)(H,89,90)/b71-23+/t50-,55-/m1/s1. The monoisotopic (exact) mass is 1290 g/mol. The maximum atomic E-state index is 13.9. The molecule has 0 unspecified atom stereocenters. The number of aliphatic carboxylic acids is 3. The summed E-state index contributed by atoms with van der Waals surface area (Å²) in [6.45, 7) is 6.36. The van der Waals surface area contributed by atoms with Crippen LogP contribution < -0.4 is 26.1 Å². The summed E-state index contributed by atoms with van der Waals surface area (Å²) in [5, 5.41) is 51.6. The molecule has 3 fully saturated rings. The lowest BCUT2D eigenvalue weighted by atomic mass is 10.1. The van der Waals surface area contributed by atoms with Crippen LogP contribution in [0, 0.1) is 18.3 Å². The van der Waals surface area contributed by atoms with E-state index in [1.165, 1.54) is 23.4 Å². The number of piperazine rings is 1. The number of nitrogens with one attached hydrogen (secondary N) is 4. The number of unbranched alkanes of at least 4 members (excludes halogenated alkanes) is 5. The Balaban J connectivity index is 0.894. The highest BCUT2D eigenvalue weighted by Crippen LogP contribution is 2.32. The van der Waals surface area contributed by atoms with Crippen LogP contribution in [0.4, 0.5) is 8.78 Å². The first kappa shape index (κ1) is 73.1. The normalized spacial score (nSPS) is 17.7. The summed E-state index contributed by atoms with van der Waals surface area (Å²) in [4.78, 5) is 117. The SMILES string of the molecule is Cc1ccc(CCCC(=O)NCCCC[C@@H](N/N=C/CCCCCC(=O)N2CCN(CCCCOc3ccc4nccc(C(=O)NCC(=O)N5CC(F)(F)C[C@@H]5C#N)c4c3)CC2)NC(=O)CN2CCN(CC(=O)O)CCN(CC(=O)O)CCN(CC(=O)O)CC2)cc1. The summed E-state index contributed by atoms with van der Waals surface area (Å²) in [6, 6.07) is 15.4. The van der Waals surface area contributed by atoms with Crippen LogP contribution in [0.1, 0.15) is 105 Å². The molecule has 3 saturated heterocycles. The average molecular weight is 1290 g/mol. The van der Waals surface area contributed by atoms with E-state index in [1.54, 1.807) is 45.2 Å². The van der Waals surface area contributed by atoms with Crippen molar-refractivity contribution in [2.45, 2.75) is 115 Å². The van der Waals surface area contributed by atoms with Gasteiger partial charge in [-0.25, -0.2) is 8.78 Å². The number of ether oxygens (including phenoxy) is 1. The molecule has 3 aliphatic rings. The van der Waals surface area contributed by atoms with Crippen molar-refractivity contribution in [3.63, 3.8) is 0 Å². The zero-order chi connectivity index (χ0) is 66.3. The third kappa shape index (κ3) is 27.1. The Morgan fingerprint density at radius 1 is 0.707 bits per heavy atom. The van der Waals surface area contributed by atoms with E-state index in [2.05, 4.69) is 60.6 Å². The number of rotatable bonds is 35. The third-order valence-electron chi connectivity index (χ3n) is 16.4. The highest BCUT2D eigenvalue weighted by Gasteiger charge is 2.47. The molecule has 6 rings (SSSR count). The van der Waals surface area contributed by atoms with E-state index in [4.69, 9.17) is 4.74 Å². The van der Waals surface area contributed by atoms with Gasteiger partial charge in [0.15, 0.2) is 0 Å². The van der Waals surface area contributed by atoms with Crippen molar-refractivity contribution in [2.75, 3.05) is 138 Å². The lowest BCUT2D eigenvalue weighted by Crippen LogP contribution is -2.51. The Bertz CT molecular complexity index is 2930. The van der Waals surface area contributed by atoms with E-state index < -0.39 is 67.4 Å². The summed E-state index contributed by atoms with van der Waals surface area (Å²) in [6.07, 6.45) is 10.7. The van der Waals surface area contributed by atoms with Gasteiger partial charge in [0, 0.05) is 122 Å². The molecule has 0 aliphatic carbocycles. The number of benzene rings is 2. The maximum absolute atomic E-state index is 13.9. The first-order valence-corrected chi connectivity index (χ1v) is 32.0. The number of carboxylic acids is 3. The minimum atomic E-state index is -3.17. The fraction of sp³-hybridized carbons (Fsp3) is 0.609. The van der Waals surface area contributed by atoms with Gasteiger partial charge in [0.1, 0.15) is 18.0 Å². The van der Waals surface area contributed by atoms with Gasteiger partial charge in [-0.15, -0.1) is 0 Å². The molecule has 504 valence electrons. The number of hydrazone groups is 1. The lowest BCUT2D eigenvalue weighted by molar-refractivity contribution is -0.140. The average Bonchev–Trinajstić information content (AvgIpc) is 1.24. The predicted octanol–water partition coefficient (Wildman–Crippen LogP) is 3.09. The maximum Gasteiger partial charge on any atom is 0.317 e. The minimum absolute atomic E-state index is 0.0223. The number of carbonyl (C=O) groups excluding carboxylic acids is 5. The molecule has 0 radical (unpaired) electrons. The molecule has 3 aromatic rings. The van der Waals surface area contributed by atoms with E-state index in [0.29, 0.717) is 81.4 Å². The number of alkyl halides is 2. The van der Waals surface area contributed by atoms with Crippen molar-refractivity contribution in [3.8, 4) is 11.8 Å². The molecular weight excluding hydrogens is 1190 g/mol. The van der Waals surface area contributed by atoms with Gasteiger partial charge in [0.2, 0.25) is 23.6 Å². The number of fused-ring (bicyclic) bond motifs is 1. The number of pyridine rings is 1. The van der Waals surface area contributed by atoms with Crippen LogP contribution in [0.25, 0.3) is 10.9 Å². The van der Waals surface area contributed by atoms with Crippen molar-refractivity contribution in [2.24, 2.45) is 5.10 Å². The van der Waals surface area contributed by atoms with E-state index in [-0.39, 0.29) is 102 Å². The molecule has 92 heavy (non-hydrogen) atoms. The topological polar surface area (TPSA) is 326 Å². The number of aryl methyl sites for hydroxylation is 2. The highest BCUT2D eigenvalue weighted by atomic mass is 19.3. The Morgan fingerprint density at radius 2 is 1.34 bits per heavy atom. The molecule has 0 bridgehead atoms. The van der Waals surface area contributed by atoms with Crippen LogP contribution >= 0.6 is 0 Å². The third-order valence-corrected chi connectivity index (χ3v) is 16.4.